The largest absolute Gasteiger partial charge is 0.478 e. The maximum atomic E-state index is 11.3. The summed E-state index contributed by atoms with van der Waals surface area (Å²) in [6, 6.07) is 15.7. The first-order valence-corrected chi connectivity index (χ1v) is 6.63. The van der Waals surface area contributed by atoms with Crippen molar-refractivity contribution < 1.29 is 14.7 Å². The van der Waals surface area contributed by atoms with Crippen LogP contribution in [0.4, 0.5) is 0 Å². The summed E-state index contributed by atoms with van der Waals surface area (Å²) in [6.07, 6.45) is 2.39. The Balaban J connectivity index is 2.04. The van der Waals surface area contributed by atoms with Crippen LogP contribution in [0.2, 0.25) is 0 Å². The van der Waals surface area contributed by atoms with Crippen LogP contribution < -0.4 is 0 Å². The molecule has 1 N–H and O–H groups in total. The zero-order valence-corrected chi connectivity index (χ0v) is 11.5. The molecular formula is C17H12N2O3. The van der Waals surface area contributed by atoms with E-state index in [1.165, 1.54) is 12.1 Å². The molecule has 0 bridgehead atoms. The number of aldehydes is 1. The first-order valence-electron chi connectivity index (χ1n) is 6.63. The Hall–Kier alpha value is -3.21. The minimum Gasteiger partial charge on any atom is -0.478 e. The monoisotopic (exact) mass is 292 g/mol. The van der Waals surface area contributed by atoms with Crippen LogP contribution in [0.15, 0.2) is 60.8 Å². The van der Waals surface area contributed by atoms with E-state index in [1.807, 2.05) is 30.3 Å². The number of hydrogen-bond acceptors (Lipinski definition) is 3. The summed E-state index contributed by atoms with van der Waals surface area (Å²) in [5.41, 5.74) is 2.82. The molecule has 0 aliphatic heterocycles. The molecule has 3 aromatic rings. The van der Waals surface area contributed by atoms with Gasteiger partial charge in [-0.05, 0) is 24.3 Å². The van der Waals surface area contributed by atoms with Gasteiger partial charge in [-0.3, -0.25) is 4.79 Å². The van der Waals surface area contributed by atoms with Crippen LogP contribution in [0.1, 0.15) is 20.7 Å². The Morgan fingerprint density at radius 2 is 1.73 bits per heavy atom. The lowest BCUT2D eigenvalue weighted by Gasteiger charge is -2.02. The minimum absolute atomic E-state index is 0.204. The van der Waals surface area contributed by atoms with Gasteiger partial charge in [-0.2, -0.15) is 5.10 Å². The number of carbonyl (C=O) groups is 2. The molecule has 0 aliphatic carbocycles. The van der Waals surface area contributed by atoms with Crippen LogP contribution in [-0.4, -0.2) is 27.1 Å². The van der Waals surface area contributed by atoms with Crippen molar-refractivity contribution in [1.29, 1.82) is 0 Å². The molecule has 108 valence electrons. The summed E-state index contributed by atoms with van der Waals surface area (Å²) >= 11 is 0. The van der Waals surface area contributed by atoms with Gasteiger partial charge in [0.15, 0.2) is 6.29 Å². The van der Waals surface area contributed by atoms with E-state index >= 15 is 0 Å². The van der Waals surface area contributed by atoms with Crippen molar-refractivity contribution in [3.63, 3.8) is 0 Å². The van der Waals surface area contributed by atoms with Gasteiger partial charge in [0.1, 0.15) is 5.69 Å². The lowest BCUT2D eigenvalue weighted by Crippen LogP contribution is -1.98. The zero-order valence-electron chi connectivity index (χ0n) is 11.5. The number of aromatic nitrogens is 2. The summed E-state index contributed by atoms with van der Waals surface area (Å²) in [7, 11) is 0. The molecule has 0 saturated carbocycles. The number of carbonyl (C=O) groups excluding carboxylic acids is 1. The third kappa shape index (κ3) is 2.52. The fourth-order valence-corrected chi connectivity index (χ4v) is 2.18. The van der Waals surface area contributed by atoms with Crippen molar-refractivity contribution in [2.24, 2.45) is 0 Å². The number of benzene rings is 2. The van der Waals surface area contributed by atoms with Gasteiger partial charge in [-0.1, -0.05) is 30.3 Å². The molecule has 22 heavy (non-hydrogen) atoms. The average molecular weight is 292 g/mol. The molecule has 5 nitrogen and oxygen atoms in total. The summed E-state index contributed by atoms with van der Waals surface area (Å²) in [6.45, 7) is 0. The first-order chi connectivity index (χ1) is 10.7. The van der Waals surface area contributed by atoms with E-state index in [0.29, 0.717) is 16.9 Å². The van der Waals surface area contributed by atoms with Crippen LogP contribution in [0, 0.1) is 0 Å². The van der Waals surface area contributed by atoms with Crippen molar-refractivity contribution in [3.05, 3.63) is 71.9 Å². The van der Waals surface area contributed by atoms with E-state index in [2.05, 4.69) is 5.10 Å². The van der Waals surface area contributed by atoms with Crippen molar-refractivity contribution >= 4 is 12.3 Å². The van der Waals surface area contributed by atoms with Gasteiger partial charge in [-0.15, -0.1) is 0 Å². The van der Waals surface area contributed by atoms with E-state index in [4.69, 9.17) is 5.11 Å². The van der Waals surface area contributed by atoms with Gasteiger partial charge in [0.25, 0.3) is 0 Å². The Bertz CT molecular complexity index is 821. The molecule has 0 radical (unpaired) electrons. The number of rotatable bonds is 4. The molecule has 0 aliphatic rings. The highest BCUT2D eigenvalue weighted by Crippen LogP contribution is 2.22. The maximum Gasteiger partial charge on any atom is 0.335 e. The fraction of sp³-hybridized carbons (Fsp3) is 0. The number of carboxylic acids is 1. The molecule has 1 aromatic heterocycles. The molecule has 0 atom stereocenters. The second-order valence-corrected chi connectivity index (χ2v) is 4.71. The lowest BCUT2D eigenvalue weighted by molar-refractivity contribution is 0.0696. The van der Waals surface area contributed by atoms with E-state index in [1.54, 1.807) is 23.0 Å². The van der Waals surface area contributed by atoms with Crippen molar-refractivity contribution in [3.8, 4) is 16.9 Å². The van der Waals surface area contributed by atoms with Gasteiger partial charge in [0.05, 0.1) is 16.8 Å². The Morgan fingerprint density at radius 1 is 1.05 bits per heavy atom. The number of hydrogen-bond donors (Lipinski definition) is 1. The van der Waals surface area contributed by atoms with Gasteiger partial charge in [0, 0.05) is 11.8 Å². The van der Waals surface area contributed by atoms with Crippen LogP contribution in [0.25, 0.3) is 16.9 Å². The topological polar surface area (TPSA) is 72.2 Å². The molecule has 5 heteroatoms. The summed E-state index contributed by atoms with van der Waals surface area (Å²) in [5.74, 6) is -0.981. The van der Waals surface area contributed by atoms with Crippen molar-refractivity contribution in [2.45, 2.75) is 0 Å². The van der Waals surface area contributed by atoms with Crippen LogP contribution in [0.3, 0.4) is 0 Å². The molecule has 0 amide bonds. The highest BCUT2D eigenvalue weighted by atomic mass is 16.4. The van der Waals surface area contributed by atoms with E-state index in [-0.39, 0.29) is 5.56 Å². The third-order valence-electron chi connectivity index (χ3n) is 3.30. The molecule has 0 saturated heterocycles. The zero-order chi connectivity index (χ0) is 15.5. The Labute approximate surface area is 126 Å². The van der Waals surface area contributed by atoms with Crippen LogP contribution in [0.5, 0.6) is 0 Å². The molecule has 2 aromatic carbocycles. The second-order valence-electron chi connectivity index (χ2n) is 4.71. The minimum atomic E-state index is -0.981. The SMILES string of the molecule is O=Cc1cn(-c2ccc(C(=O)O)cc2)nc1-c1ccccc1. The fourth-order valence-electron chi connectivity index (χ4n) is 2.18. The van der Waals surface area contributed by atoms with Crippen LogP contribution in [-0.2, 0) is 0 Å². The van der Waals surface area contributed by atoms with Crippen molar-refractivity contribution in [1.82, 2.24) is 9.78 Å². The van der Waals surface area contributed by atoms with Crippen molar-refractivity contribution in [2.75, 3.05) is 0 Å². The second kappa shape index (κ2) is 5.65. The van der Waals surface area contributed by atoms with E-state index < -0.39 is 5.97 Å². The van der Waals surface area contributed by atoms with E-state index in [9.17, 15) is 9.59 Å². The maximum absolute atomic E-state index is 11.3. The van der Waals surface area contributed by atoms with E-state index in [0.717, 1.165) is 11.8 Å². The Kier molecular flexibility index (Phi) is 3.53. The molecule has 3 rings (SSSR count). The predicted octanol–water partition coefficient (Wildman–Crippen LogP) is 3.05. The standard InChI is InChI=1S/C17H12N2O3/c20-11-14-10-19(15-8-6-13(7-9-15)17(21)22)18-16(14)12-4-2-1-3-5-12/h1-11H,(H,21,22). The quantitative estimate of drug-likeness (QED) is 0.750. The smallest absolute Gasteiger partial charge is 0.335 e. The predicted molar refractivity (Wildman–Crippen MR) is 81.3 cm³/mol. The summed E-state index contributed by atoms with van der Waals surface area (Å²) in [4.78, 5) is 22.1. The highest BCUT2D eigenvalue weighted by Gasteiger charge is 2.11. The van der Waals surface area contributed by atoms with Gasteiger partial charge in [0.2, 0.25) is 0 Å². The Morgan fingerprint density at radius 3 is 2.32 bits per heavy atom. The van der Waals surface area contributed by atoms with Gasteiger partial charge in [-0.25, -0.2) is 9.48 Å². The summed E-state index contributed by atoms with van der Waals surface area (Å²) < 4.78 is 1.57. The normalized spacial score (nSPS) is 10.4. The molecule has 0 fully saturated rings. The molecule has 0 spiro atoms. The first kappa shape index (κ1) is 13.8. The molecular weight excluding hydrogens is 280 g/mol. The third-order valence-corrected chi connectivity index (χ3v) is 3.30. The van der Waals surface area contributed by atoms with Gasteiger partial charge >= 0.3 is 5.97 Å². The van der Waals surface area contributed by atoms with Gasteiger partial charge < -0.3 is 5.11 Å². The summed E-state index contributed by atoms with van der Waals surface area (Å²) in [5, 5.41) is 13.3. The number of aromatic carboxylic acids is 1. The molecule has 1 heterocycles. The molecule has 0 unspecified atom stereocenters. The average Bonchev–Trinajstić information content (AvgIpc) is 3.00. The number of carboxylic acid groups (broad SMARTS) is 1. The van der Waals surface area contributed by atoms with Crippen LogP contribution >= 0.6 is 0 Å². The highest BCUT2D eigenvalue weighted by molar-refractivity contribution is 5.88. The number of nitrogens with zero attached hydrogens (tertiary/aromatic N) is 2. The lowest BCUT2D eigenvalue weighted by atomic mass is 10.1.